The van der Waals surface area contributed by atoms with Gasteiger partial charge >= 0.3 is 0 Å². The predicted molar refractivity (Wildman–Crippen MR) is 131 cm³/mol. The fraction of sp³-hybridized carbons (Fsp3) is 0.259. The van der Waals surface area contributed by atoms with E-state index in [0.29, 0.717) is 35.2 Å². The van der Waals surface area contributed by atoms with E-state index in [1.54, 1.807) is 31.3 Å². The first-order valence-corrected chi connectivity index (χ1v) is 11.4. The van der Waals surface area contributed by atoms with Crippen LogP contribution in [0, 0.1) is 0 Å². The molecule has 0 spiro atoms. The second-order valence-electron chi connectivity index (χ2n) is 8.31. The molecule has 6 nitrogen and oxygen atoms in total. The van der Waals surface area contributed by atoms with Crippen molar-refractivity contribution < 1.29 is 19.1 Å². The number of carbonyl (C=O) groups excluding carboxylic acids is 2. The Bertz CT molecular complexity index is 1200. The summed E-state index contributed by atoms with van der Waals surface area (Å²) in [5, 5.41) is 3.66. The van der Waals surface area contributed by atoms with Gasteiger partial charge in [-0.05, 0) is 52.9 Å². The van der Waals surface area contributed by atoms with Crippen molar-refractivity contribution in [2.75, 3.05) is 20.8 Å². The Hall–Kier alpha value is -3.51. The zero-order valence-corrected chi connectivity index (χ0v) is 20.1. The largest absolute Gasteiger partial charge is 0.493 e. The van der Waals surface area contributed by atoms with Crippen molar-refractivity contribution in [2.24, 2.45) is 0 Å². The maximum atomic E-state index is 13.4. The van der Waals surface area contributed by atoms with Crippen LogP contribution >= 0.6 is 11.6 Å². The highest BCUT2D eigenvalue weighted by Crippen LogP contribution is 2.36. The minimum Gasteiger partial charge on any atom is -0.493 e. The summed E-state index contributed by atoms with van der Waals surface area (Å²) in [5.74, 6) is 0.875. The first-order chi connectivity index (χ1) is 16.4. The van der Waals surface area contributed by atoms with E-state index in [4.69, 9.17) is 21.1 Å². The number of hydrogen-bond acceptors (Lipinski definition) is 4. The number of carbonyl (C=O) groups is 2. The first kappa shape index (κ1) is 23.6. The number of methoxy groups -OCH3 is 2. The highest BCUT2D eigenvalue weighted by atomic mass is 35.5. The molecule has 0 radical (unpaired) electrons. The van der Waals surface area contributed by atoms with Crippen LogP contribution in [-0.4, -0.2) is 37.5 Å². The Morgan fingerprint density at radius 3 is 2.44 bits per heavy atom. The summed E-state index contributed by atoms with van der Waals surface area (Å²) < 4.78 is 10.6. The van der Waals surface area contributed by atoms with Gasteiger partial charge in [-0.3, -0.25) is 9.59 Å². The maximum Gasteiger partial charge on any atom is 0.255 e. The number of amides is 2. The van der Waals surface area contributed by atoms with Crippen LogP contribution in [0.1, 0.15) is 45.9 Å². The average Bonchev–Trinajstić information content (AvgIpc) is 3.14. The molecule has 0 saturated heterocycles. The normalized spacial score (nSPS) is 15.6. The highest BCUT2D eigenvalue weighted by Gasteiger charge is 2.41. The lowest BCUT2D eigenvalue weighted by molar-refractivity contribution is -0.125. The van der Waals surface area contributed by atoms with Crippen LogP contribution in [0.25, 0.3) is 0 Å². The molecule has 3 aromatic rings. The molecule has 0 saturated carbocycles. The number of ether oxygens (including phenoxy) is 2. The maximum absolute atomic E-state index is 13.4. The molecule has 2 amide bonds. The number of halogens is 1. The quantitative estimate of drug-likeness (QED) is 0.496. The molecule has 0 aromatic heterocycles. The third-order valence-corrected chi connectivity index (χ3v) is 6.38. The van der Waals surface area contributed by atoms with Gasteiger partial charge in [0.1, 0.15) is 6.04 Å². The van der Waals surface area contributed by atoms with E-state index in [1.165, 1.54) is 0 Å². The van der Waals surface area contributed by atoms with Gasteiger partial charge < -0.3 is 19.7 Å². The van der Waals surface area contributed by atoms with Crippen molar-refractivity contribution >= 4 is 23.4 Å². The second-order valence-corrected chi connectivity index (χ2v) is 8.74. The minimum absolute atomic E-state index is 0.0247. The van der Waals surface area contributed by atoms with Gasteiger partial charge in [0.05, 0.1) is 14.2 Å². The smallest absolute Gasteiger partial charge is 0.255 e. The summed E-state index contributed by atoms with van der Waals surface area (Å²) in [6, 6.07) is 19.7. The number of benzene rings is 3. The Labute approximate surface area is 204 Å². The molecular weight excluding hydrogens is 452 g/mol. The summed E-state index contributed by atoms with van der Waals surface area (Å²) >= 11 is 6.02. The molecule has 1 N–H and O–H groups in total. The summed E-state index contributed by atoms with van der Waals surface area (Å²) in [7, 11) is 3.15. The molecule has 2 atom stereocenters. The van der Waals surface area contributed by atoms with E-state index in [-0.39, 0.29) is 17.7 Å². The molecule has 7 heteroatoms. The third kappa shape index (κ3) is 4.73. The fourth-order valence-electron chi connectivity index (χ4n) is 4.31. The Kier molecular flexibility index (Phi) is 7.08. The van der Waals surface area contributed by atoms with Gasteiger partial charge in [0.25, 0.3) is 5.91 Å². The van der Waals surface area contributed by atoms with Crippen molar-refractivity contribution in [2.45, 2.75) is 25.4 Å². The Morgan fingerprint density at radius 1 is 1.03 bits per heavy atom. The van der Waals surface area contributed by atoms with E-state index < -0.39 is 6.04 Å². The van der Waals surface area contributed by atoms with Gasteiger partial charge in [-0.25, -0.2) is 0 Å². The summed E-state index contributed by atoms with van der Waals surface area (Å²) in [6.07, 6.45) is 0. The predicted octanol–water partition coefficient (Wildman–Crippen LogP) is 4.97. The van der Waals surface area contributed by atoms with E-state index in [2.05, 4.69) is 5.32 Å². The molecule has 3 aromatic carbocycles. The van der Waals surface area contributed by atoms with Crippen LogP contribution in [0.15, 0.2) is 66.7 Å². The molecule has 1 heterocycles. The van der Waals surface area contributed by atoms with Crippen LogP contribution in [0.4, 0.5) is 0 Å². The lowest BCUT2D eigenvalue weighted by Gasteiger charge is -2.28. The van der Waals surface area contributed by atoms with Crippen LogP contribution in [-0.2, 0) is 11.3 Å². The number of hydrogen-bond donors (Lipinski definition) is 1. The van der Waals surface area contributed by atoms with Crippen LogP contribution in [0.5, 0.6) is 11.5 Å². The van der Waals surface area contributed by atoms with Gasteiger partial charge in [-0.1, -0.05) is 54.9 Å². The topological polar surface area (TPSA) is 67.9 Å². The van der Waals surface area contributed by atoms with Crippen LogP contribution in [0.2, 0.25) is 5.02 Å². The zero-order valence-electron chi connectivity index (χ0n) is 19.4. The molecule has 0 fully saturated rings. The standard InChI is InChI=1S/C27H27ClN2O4/c1-17(19-9-11-20(28)12-10-19)16-30-25(21-6-4-5-7-22(21)27(30)32)26(31)29-15-18-8-13-23(33-2)24(14-18)34-3/h4-14,17,25H,15-16H2,1-3H3,(H,29,31). The van der Waals surface area contributed by atoms with Crippen LogP contribution < -0.4 is 14.8 Å². The molecular formula is C27H27ClN2O4. The molecule has 0 bridgehead atoms. The minimum atomic E-state index is -0.696. The number of nitrogens with zero attached hydrogens (tertiary/aromatic N) is 1. The van der Waals surface area contributed by atoms with E-state index in [0.717, 1.165) is 16.7 Å². The van der Waals surface area contributed by atoms with Gasteiger partial charge in [-0.2, -0.15) is 0 Å². The van der Waals surface area contributed by atoms with Gasteiger partial charge in [0.2, 0.25) is 5.91 Å². The number of rotatable bonds is 8. The van der Waals surface area contributed by atoms with E-state index in [1.807, 2.05) is 61.5 Å². The number of nitrogens with one attached hydrogen (secondary N) is 1. The molecule has 1 aliphatic rings. The Balaban J connectivity index is 1.55. The molecule has 4 rings (SSSR count). The monoisotopic (exact) mass is 478 g/mol. The van der Waals surface area contributed by atoms with E-state index in [9.17, 15) is 9.59 Å². The average molecular weight is 479 g/mol. The lowest BCUT2D eigenvalue weighted by atomic mass is 9.99. The van der Waals surface area contributed by atoms with Crippen LogP contribution in [0.3, 0.4) is 0 Å². The number of fused-ring (bicyclic) bond motifs is 1. The SMILES string of the molecule is COc1ccc(CNC(=O)C2c3ccccc3C(=O)N2CC(C)c2ccc(Cl)cc2)cc1OC. The summed E-state index contributed by atoms with van der Waals surface area (Å²) in [4.78, 5) is 28.3. The van der Waals surface area contributed by atoms with E-state index >= 15 is 0 Å². The van der Waals surface area contributed by atoms with Crippen molar-refractivity contribution in [3.8, 4) is 11.5 Å². The molecule has 1 aliphatic heterocycles. The summed E-state index contributed by atoms with van der Waals surface area (Å²) in [5.41, 5.74) is 3.21. The molecule has 0 aliphatic carbocycles. The van der Waals surface area contributed by atoms with Crippen molar-refractivity contribution in [1.29, 1.82) is 0 Å². The fourth-order valence-corrected chi connectivity index (χ4v) is 4.44. The summed E-state index contributed by atoms with van der Waals surface area (Å²) in [6.45, 7) is 2.74. The lowest BCUT2D eigenvalue weighted by Crippen LogP contribution is -2.40. The first-order valence-electron chi connectivity index (χ1n) is 11.1. The van der Waals surface area contributed by atoms with Crippen molar-refractivity contribution in [1.82, 2.24) is 10.2 Å². The van der Waals surface area contributed by atoms with Crippen molar-refractivity contribution in [3.63, 3.8) is 0 Å². The Morgan fingerprint density at radius 2 is 1.74 bits per heavy atom. The van der Waals surface area contributed by atoms with Gasteiger partial charge in [0.15, 0.2) is 11.5 Å². The van der Waals surface area contributed by atoms with Crippen molar-refractivity contribution in [3.05, 3.63) is 94.0 Å². The molecule has 34 heavy (non-hydrogen) atoms. The zero-order chi connectivity index (χ0) is 24.2. The second kappa shape index (κ2) is 10.2. The third-order valence-electron chi connectivity index (χ3n) is 6.13. The van der Waals surface area contributed by atoms with Gasteiger partial charge in [-0.15, -0.1) is 0 Å². The molecule has 176 valence electrons. The highest BCUT2D eigenvalue weighted by molar-refractivity contribution is 6.30. The molecule has 2 unspecified atom stereocenters. The van der Waals surface area contributed by atoms with Gasteiger partial charge in [0, 0.05) is 23.7 Å².